The molecule has 0 bridgehead atoms. The third kappa shape index (κ3) is 2.41. The highest BCUT2D eigenvalue weighted by atomic mass is 35.5. The molecule has 0 saturated carbocycles. The highest BCUT2D eigenvalue weighted by Gasteiger charge is 2.11. The molecule has 3 nitrogen and oxygen atoms in total. The van der Waals surface area contributed by atoms with Gasteiger partial charge in [-0.05, 0) is 23.7 Å². The van der Waals surface area contributed by atoms with Crippen molar-refractivity contribution in [2.45, 2.75) is 9.79 Å². The van der Waals surface area contributed by atoms with Gasteiger partial charge in [0.2, 0.25) is 5.28 Å². The summed E-state index contributed by atoms with van der Waals surface area (Å²) in [5, 5.41) is 1.41. The van der Waals surface area contributed by atoms with Crippen LogP contribution >= 0.6 is 46.6 Å². The fourth-order valence-electron chi connectivity index (χ4n) is 1.62. The third-order valence-electron chi connectivity index (χ3n) is 2.48. The number of aromatic nitrogens is 3. The van der Waals surface area contributed by atoms with Gasteiger partial charge in [0.1, 0.15) is 0 Å². The van der Waals surface area contributed by atoms with Crippen LogP contribution in [-0.4, -0.2) is 14.4 Å². The molecule has 0 spiro atoms. The predicted molar refractivity (Wildman–Crippen MR) is 78.6 cm³/mol. The van der Waals surface area contributed by atoms with Crippen LogP contribution < -0.4 is 0 Å². The minimum absolute atomic E-state index is 0.369. The Hall–Kier alpha value is -0.940. The zero-order valence-corrected chi connectivity index (χ0v) is 12.4. The van der Waals surface area contributed by atoms with E-state index in [4.69, 9.17) is 34.8 Å². The maximum atomic E-state index is 6.17. The summed E-state index contributed by atoms with van der Waals surface area (Å²) in [6.07, 6.45) is 5.10. The molecule has 0 aliphatic carbocycles. The van der Waals surface area contributed by atoms with Crippen molar-refractivity contribution in [3.63, 3.8) is 0 Å². The molecule has 96 valence electrons. The van der Waals surface area contributed by atoms with Crippen LogP contribution in [-0.2, 0) is 0 Å². The first kappa shape index (κ1) is 13.1. The number of nitrogens with zero attached hydrogens (tertiary/aromatic N) is 3. The van der Waals surface area contributed by atoms with Gasteiger partial charge in [0.25, 0.3) is 0 Å². The Morgan fingerprint density at radius 2 is 1.89 bits per heavy atom. The number of halogens is 3. The first-order valence-corrected chi connectivity index (χ1v) is 7.21. The van der Waals surface area contributed by atoms with E-state index in [9.17, 15) is 0 Å². The van der Waals surface area contributed by atoms with Crippen LogP contribution in [0.25, 0.3) is 5.65 Å². The molecule has 0 aliphatic rings. The van der Waals surface area contributed by atoms with Crippen molar-refractivity contribution in [2.75, 3.05) is 0 Å². The Kier molecular flexibility index (Phi) is 3.58. The summed E-state index contributed by atoms with van der Waals surface area (Å²) >= 11 is 19.6. The quantitative estimate of drug-likeness (QED) is 0.630. The molecule has 0 amide bonds. The van der Waals surface area contributed by atoms with Crippen molar-refractivity contribution in [3.05, 3.63) is 52.1 Å². The summed E-state index contributed by atoms with van der Waals surface area (Å²) in [5.41, 5.74) is 0.737. The molecule has 0 unspecified atom stereocenters. The topological polar surface area (TPSA) is 30.2 Å². The number of benzene rings is 1. The highest BCUT2D eigenvalue weighted by molar-refractivity contribution is 7.99. The molecular formula is C12H6Cl3N3S. The minimum Gasteiger partial charge on any atom is -0.274 e. The van der Waals surface area contributed by atoms with Crippen LogP contribution in [0, 0.1) is 0 Å². The van der Waals surface area contributed by atoms with Crippen LogP contribution in [0.1, 0.15) is 0 Å². The monoisotopic (exact) mass is 329 g/mol. The fraction of sp³-hybridized carbons (Fsp3) is 0. The molecule has 3 rings (SSSR count). The van der Waals surface area contributed by atoms with Gasteiger partial charge in [0.15, 0.2) is 5.65 Å². The summed E-state index contributed by atoms with van der Waals surface area (Å²) < 4.78 is 1.71. The normalized spacial score (nSPS) is 11.1. The highest BCUT2D eigenvalue weighted by Crippen LogP contribution is 2.38. The molecular weight excluding hydrogens is 325 g/mol. The lowest BCUT2D eigenvalue weighted by molar-refractivity contribution is 1.04. The molecule has 0 fully saturated rings. The summed E-state index contributed by atoms with van der Waals surface area (Å²) in [7, 11) is 0. The lowest BCUT2D eigenvalue weighted by Crippen LogP contribution is -1.91. The van der Waals surface area contributed by atoms with E-state index in [1.54, 1.807) is 29.1 Å². The van der Waals surface area contributed by atoms with Crippen LogP contribution in [0.15, 0.2) is 46.6 Å². The molecule has 0 atom stereocenters. The van der Waals surface area contributed by atoms with E-state index in [-0.39, 0.29) is 0 Å². The van der Waals surface area contributed by atoms with Gasteiger partial charge in [-0.25, -0.2) is 9.97 Å². The van der Waals surface area contributed by atoms with E-state index < -0.39 is 0 Å². The van der Waals surface area contributed by atoms with Gasteiger partial charge in [-0.15, -0.1) is 0 Å². The van der Waals surface area contributed by atoms with Crippen molar-refractivity contribution >= 4 is 52.2 Å². The van der Waals surface area contributed by atoms with E-state index in [0.717, 1.165) is 15.4 Å². The first-order valence-electron chi connectivity index (χ1n) is 5.26. The van der Waals surface area contributed by atoms with Crippen molar-refractivity contribution in [1.29, 1.82) is 0 Å². The zero-order valence-electron chi connectivity index (χ0n) is 9.35. The third-order valence-corrected chi connectivity index (χ3v) is 4.76. The van der Waals surface area contributed by atoms with Gasteiger partial charge in [-0.2, -0.15) is 0 Å². The van der Waals surface area contributed by atoms with Gasteiger partial charge in [0, 0.05) is 23.5 Å². The number of rotatable bonds is 2. The van der Waals surface area contributed by atoms with Crippen LogP contribution in [0.5, 0.6) is 0 Å². The van der Waals surface area contributed by atoms with E-state index in [1.165, 1.54) is 11.8 Å². The SMILES string of the molecule is Clc1cccc(Sc2cnc(Cl)n3ccnc23)c1Cl. The maximum absolute atomic E-state index is 6.17. The lowest BCUT2D eigenvalue weighted by Gasteiger charge is -2.06. The van der Waals surface area contributed by atoms with Crippen molar-refractivity contribution in [2.24, 2.45) is 0 Å². The number of fused-ring (bicyclic) bond motifs is 1. The molecule has 2 heterocycles. The van der Waals surface area contributed by atoms with E-state index in [2.05, 4.69) is 9.97 Å². The largest absolute Gasteiger partial charge is 0.274 e. The summed E-state index contributed by atoms with van der Waals surface area (Å²) in [5.74, 6) is 0. The molecule has 0 N–H and O–H groups in total. The van der Waals surface area contributed by atoms with Gasteiger partial charge < -0.3 is 0 Å². The Morgan fingerprint density at radius 3 is 2.74 bits per heavy atom. The van der Waals surface area contributed by atoms with E-state index in [0.29, 0.717) is 15.3 Å². The maximum Gasteiger partial charge on any atom is 0.208 e. The lowest BCUT2D eigenvalue weighted by atomic mass is 10.4. The number of hydrogen-bond acceptors (Lipinski definition) is 3. The Labute approximate surface area is 128 Å². The smallest absolute Gasteiger partial charge is 0.208 e. The zero-order chi connectivity index (χ0) is 13.4. The summed E-state index contributed by atoms with van der Waals surface area (Å²) in [6, 6.07) is 5.49. The summed E-state index contributed by atoms with van der Waals surface area (Å²) in [6.45, 7) is 0. The molecule has 19 heavy (non-hydrogen) atoms. The van der Waals surface area contributed by atoms with Gasteiger partial charge >= 0.3 is 0 Å². The number of hydrogen-bond donors (Lipinski definition) is 0. The molecule has 0 saturated heterocycles. The van der Waals surface area contributed by atoms with Gasteiger partial charge in [-0.3, -0.25) is 4.40 Å². The summed E-state index contributed by atoms with van der Waals surface area (Å²) in [4.78, 5) is 10.1. The van der Waals surface area contributed by atoms with Crippen LogP contribution in [0.4, 0.5) is 0 Å². The van der Waals surface area contributed by atoms with Crippen molar-refractivity contribution in [1.82, 2.24) is 14.4 Å². The standard InChI is InChI=1S/C12H6Cl3N3S/c13-7-2-1-3-8(10(7)14)19-9-6-17-12(15)18-5-4-16-11(9)18/h1-6H. The first-order chi connectivity index (χ1) is 9.16. The Balaban J connectivity index is 2.09. The van der Waals surface area contributed by atoms with Gasteiger partial charge in [0.05, 0.1) is 14.9 Å². The molecule has 3 aromatic rings. The average molecular weight is 331 g/mol. The Morgan fingerprint density at radius 1 is 1.05 bits per heavy atom. The van der Waals surface area contributed by atoms with E-state index in [1.807, 2.05) is 12.1 Å². The molecule has 1 aromatic carbocycles. The second kappa shape index (κ2) is 5.21. The minimum atomic E-state index is 0.369. The van der Waals surface area contributed by atoms with Crippen molar-refractivity contribution < 1.29 is 0 Å². The second-order valence-electron chi connectivity index (χ2n) is 3.67. The van der Waals surface area contributed by atoms with E-state index >= 15 is 0 Å². The van der Waals surface area contributed by atoms with Gasteiger partial charge in [-0.1, -0.05) is 41.0 Å². The number of imidazole rings is 1. The molecule has 0 aliphatic heterocycles. The predicted octanol–water partition coefficient (Wildman–Crippen LogP) is 4.84. The van der Waals surface area contributed by atoms with Crippen LogP contribution in [0.2, 0.25) is 15.3 Å². The molecule has 0 radical (unpaired) electrons. The molecule has 2 aromatic heterocycles. The fourth-order valence-corrected chi connectivity index (χ4v) is 3.21. The second-order valence-corrected chi connectivity index (χ2v) is 5.87. The average Bonchev–Trinajstić information content (AvgIpc) is 2.88. The van der Waals surface area contributed by atoms with Crippen LogP contribution in [0.3, 0.4) is 0 Å². The molecule has 7 heteroatoms. The Bertz CT molecular complexity index is 757. The van der Waals surface area contributed by atoms with Crippen molar-refractivity contribution in [3.8, 4) is 0 Å².